The average molecular weight is 304 g/mol. The molecule has 4 rings (SSSR count). The van der Waals surface area contributed by atoms with Crippen LogP contribution in [0.5, 0.6) is 0 Å². The number of fused-ring (bicyclic) bond motifs is 1. The predicted molar refractivity (Wildman–Crippen MR) is 88.2 cm³/mol. The molecule has 0 saturated heterocycles. The minimum absolute atomic E-state index is 0.285. The number of hydrogen-bond acceptors (Lipinski definition) is 3. The highest BCUT2D eigenvalue weighted by Gasteiger charge is 2.10. The molecule has 0 fully saturated rings. The Hall–Kier alpha value is -3.21. The lowest BCUT2D eigenvalue weighted by atomic mass is 10.1. The summed E-state index contributed by atoms with van der Waals surface area (Å²) in [6.45, 7) is 0. The third-order valence-corrected chi connectivity index (χ3v) is 3.65. The first-order valence-corrected chi connectivity index (χ1v) is 7.18. The largest absolute Gasteiger partial charge is 0.384 e. The Balaban J connectivity index is 1.88. The van der Waals surface area contributed by atoms with E-state index >= 15 is 0 Å². The van der Waals surface area contributed by atoms with E-state index in [0.717, 1.165) is 16.7 Å². The minimum atomic E-state index is -0.285. The van der Waals surface area contributed by atoms with Crippen LogP contribution in [0.4, 0.5) is 10.2 Å². The van der Waals surface area contributed by atoms with Crippen molar-refractivity contribution in [2.45, 2.75) is 0 Å². The monoisotopic (exact) mass is 304 g/mol. The van der Waals surface area contributed by atoms with E-state index in [1.54, 1.807) is 16.6 Å². The zero-order chi connectivity index (χ0) is 15.8. The summed E-state index contributed by atoms with van der Waals surface area (Å²) in [7, 11) is 0. The summed E-state index contributed by atoms with van der Waals surface area (Å²) in [6, 6.07) is 19.7. The van der Waals surface area contributed by atoms with E-state index in [1.165, 1.54) is 12.1 Å². The third kappa shape index (κ3) is 2.42. The van der Waals surface area contributed by atoms with Crippen molar-refractivity contribution in [3.8, 4) is 22.5 Å². The second-order valence-electron chi connectivity index (χ2n) is 5.25. The van der Waals surface area contributed by atoms with Crippen molar-refractivity contribution < 1.29 is 4.39 Å². The van der Waals surface area contributed by atoms with Gasteiger partial charge in [0.2, 0.25) is 0 Å². The number of pyridine rings is 1. The zero-order valence-electron chi connectivity index (χ0n) is 12.1. The summed E-state index contributed by atoms with van der Waals surface area (Å²) < 4.78 is 15.0. The maximum absolute atomic E-state index is 13.4. The van der Waals surface area contributed by atoms with E-state index in [1.807, 2.05) is 42.5 Å². The first-order chi connectivity index (χ1) is 11.2. The van der Waals surface area contributed by atoms with Gasteiger partial charge in [-0.05, 0) is 35.4 Å². The van der Waals surface area contributed by atoms with Crippen LogP contribution in [-0.4, -0.2) is 14.6 Å². The molecule has 2 aromatic carbocycles. The average Bonchev–Trinajstić information content (AvgIpc) is 3.00. The Labute approximate surface area is 132 Å². The summed E-state index contributed by atoms with van der Waals surface area (Å²) in [4.78, 5) is 4.53. The molecule has 4 nitrogen and oxygen atoms in total. The molecule has 2 heterocycles. The van der Waals surface area contributed by atoms with Gasteiger partial charge in [0.1, 0.15) is 11.6 Å². The molecule has 0 aliphatic rings. The lowest BCUT2D eigenvalue weighted by Gasteiger charge is -2.04. The number of nitrogens with two attached hydrogens (primary N) is 1. The molecule has 0 atom stereocenters. The van der Waals surface area contributed by atoms with E-state index in [2.05, 4.69) is 10.1 Å². The van der Waals surface area contributed by atoms with Crippen LogP contribution in [0, 0.1) is 5.82 Å². The molecule has 23 heavy (non-hydrogen) atoms. The van der Waals surface area contributed by atoms with Gasteiger partial charge in [0, 0.05) is 5.56 Å². The Morgan fingerprint density at radius 3 is 2.39 bits per heavy atom. The highest BCUT2D eigenvalue weighted by atomic mass is 19.1. The summed E-state index contributed by atoms with van der Waals surface area (Å²) in [6.07, 6.45) is 0. The van der Waals surface area contributed by atoms with E-state index in [9.17, 15) is 4.39 Å². The van der Waals surface area contributed by atoms with Gasteiger partial charge in [0.15, 0.2) is 11.5 Å². The van der Waals surface area contributed by atoms with Gasteiger partial charge in [-0.2, -0.15) is 4.52 Å². The highest BCUT2D eigenvalue weighted by Crippen LogP contribution is 2.25. The lowest BCUT2D eigenvalue weighted by Crippen LogP contribution is -1.99. The van der Waals surface area contributed by atoms with Gasteiger partial charge in [0.25, 0.3) is 0 Å². The third-order valence-electron chi connectivity index (χ3n) is 3.65. The summed E-state index contributed by atoms with van der Waals surface area (Å²) in [5, 5.41) is 4.44. The molecular weight excluding hydrogens is 291 g/mol. The molecule has 0 bridgehead atoms. The molecule has 4 aromatic rings. The normalized spacial score (nSPS) is 11.0. The summed E-state index contributed by atoms with van der Waals surface area (Å²) >= 11 is 0. The Kier molecular flexibility index (Phi) is 3.05. The molecule has 5 heteroatoms. The van der Waals surface area contributed by atoms with Crippen LogP contribution in [0.1, 0.15) is 0 Å². The predicted octanol–water partition coefficient (Wildman–Crippen LogP) is 3.78. The number of anilines is 1. The summed E-state index contributed by atoms with van der Waals surface area (Å²) in [5.74, 6) is 0.775. The Morgan fingerprint density at radius 2 is 1.61 bits per heavy atom. The SMILES string of the molecule is Nc1cc(-c2cccc(F)c2)cc2nc(-c3ccccc3)nn12. The molecule has 112 valence electrons. The first-order valence-electron chi connectivity index (χ1n) is 7.18. The van der Waals surface area contributed by atoms with Gasteiger partial charge in [-0.15, -0.1) is 5.10 Å². The van der Waals surface area contributed by atoms with Crippen LogP contribution in [0.2, 0.25) is 0 Å². The molecule has 0 aliphatic carbocycles. The number of nitrogen functional groups attached to an aromatic ring is 1. The van der Waals surface area contributed by atoms with Crippen molar-refractivity contribution in [3.05, 3.63) is 72.5 Å². The maximum atomic E-state index is 13.4. The van der Waals surface area contributed by atoms with Crippen LogP contribution in [-0.2, 0) is 0 Å². The number of aromatic nitrogens is 3. The van der Waals surface area contributed by atoms with Crippen LogP contribution < -0.4 is 5.73 Å². The minimum Gasteiger partial charge on any atom is -0.384 e. The van der Waals surface area contributed by atoms with Gasteiger partial charge in [-0.25, -0.2) is 9.37 Å². The Morgan fingerprint density at radius 1 is 0.826 bits per heavy atom. The molecule has 0 radical (unpaired) electrons. The maximum Gasteiger partial charge on any atom is 0.182 e. The highest BCUT2D eigenvalue weighted by molar-refractivity contribution is 5.72. The van der Waals surface area contributed by atoms with Crippen molar-refractivity contribution in [3.63, 3.8) is 0 Å². The molecule has 0 saturated carbocycles. The van der Waals surface area contributed by atoms with E-state index in [-0.39, 0.29) is 5.82 Å². The van der Waals surface area contributed by atoms with Gasteiger partial charge in [0.05, 0.1) is 0 Å². The van der Waals surface area contributed by atoms with Crippen molar-refractivity contribution in [2.75, 3.05) is 5.73 Å². The van der Waals surface area contributed by atoms with Crippen molar-refractivity contribution >= 4 is 11.5 Å². The van der Waals surface area contributed by atoms with Gasteiger partial charge in [-0.3, -0.25) is 0 Å². The van der Waals surface area contributed by atoms with Crippen molar-refractivity contribution in [1.29, 1.82) is 0 Å². The van der Waals surface area contributed by atoms with Crippen LogP contribution in [0.25, 0.3) is 28.2 Å². The molecule has 2 N–H and O–H groups in total. The molecule has 0 unspecified atom stereocenters. The van der Waals surface area contributed by atoms with Crippen LogP contribution in [0.15, 0.2) is 66.7 Å². The van der Waals surface area contributed by atoms with Gasteiger partial charge in [-0.1, -0.05) is 42.5 Å². The second kappa shape index (κ2) is 5.21. The standard InChI is InChI=1S/C18H13FN4/c19-15-8-4-7-13(9-15)14-10-16(20)23-17(11-14)21-18(22-23)12-5-2-1-3-6-12/h1-11H,20H2. The zero-order valence-corrected chi connectivity index (χ0v) is 12.1. The van der Waals surface area contributed by atoms with Crippen LogP contribution in [0.3, 0.4) is 0 Å². The lowest BCUT2D eigenvalue weighted by molar-refractivity contribution is 0.628. The second-order valence-corrected chi connectivity index (χ2v) is 5.25. The molecule has 0 aliphatic heterocycles. The van der Waals surface area contributed by atoms with Crippen molar-refractivity contribution in [2.24, 2.45) is 0 Å². The number of hydrogen-bond donors (Lipinski definition) is 1. The molecule has 0 amide bonds. The van der Waals surface area contributed by atoms with E-state index in [4.69, 9.17) is 5.73 Å². The molecule has 0 spiro atoms. The molecule has 2 aromatic heterocycles. The smallest absolute Gasteiger partial charge is 0.182 e. The fraction of sp³-hybridized carbons (Fsp3) is 0. The fourth-order valence-corrected chi connectivity index (χ4v) is 2.55. The number of nitrogens with zero attached hydrogens (tertiary/aromatic N) is 3. The van der Waals surface area contributed by atoms with Crippen molar-refractivity contribution in [1.82, 2.24) is 14.6 Å². The Bertz CT molecular complexity index is 993. The van der Waals surface area contributed by atoms with Gasteiger partial charge < -0.3 is 5.73 Å². The number of halogens is 1. The number of rotatable bonds is 2. The van der Waals surface area contributed by atoms with E-state index < -0.39 is 0 Å². The topological polar surface area (TPSA) is 56.2 Å². The quantitative estimate of drug-likeness (QED) is 0.613. The first kappa shape index (κ1) is 13.5. The summed E-state index contributed by atoms with van der Waals surface area (Å²) in [5.41, 5.74) is 9.20. The van der Waals surface area contributed by atoms with E-state index in [0.29, 0.717) is 17.3 Å². The molecular formula is C18H13FN4. The fourth-order valence-electron chi connectivity index (χ4n) is 2.55. The van der Waals surface area contributed by atoms with Crippen LogP contribution >= 0.6 is 0 Å². The number of benzene rings is 2. The van der Waals surface area contributed by atoms with Gasteiger partial charge >= 0.3 is 0 Å².